The Hall–Kier alpha value is 0. The summed E-state index contributed by atoms with van der Waals surface area (Å²) in [6.07, 6.45) is 7.24. The Bertz CT molecular complexity index is 314. The van der Waals surface area contributed by atoms with Crippen molar-refractivity contribution in [1.82, 2.24) is 0 Å². The fourth-order valence-electron chi connectivity index (χ4n) is 5.82. The zero-order valence-electron chi connectivity index (χ0n) is 14.4. The SMILES string of the molecule is CCCCC1C(C)C(C)C2(CC2(C)C)C1CC(C)C. The van der Waals surface area contributed by atoms with Crippen LogP contribution >= 0.6 is 0 Å². The lowest BCUT2D eigenvalue weighted by Crippen LogP contribution is -2.24. The highest BCUT2D eigenvalue weighted by Gasteiger charge is 2.72. The maximum absolute atomic E-state index is 2.57. The van der Waals surface area contributed by atoms with Crippen LogP contribution in [0.25, 0.3) is 0 Å². The van der Waals surface area contributed by atoms with Crippen LogP contribution in [0.4, 0.5) is 0 Å². The van der Waals surface area contributed by atoms with E-state index >= 15 is 0 Å². The molecule has 0 radical (unpaired) electrons. The van der Waals surface area contributed by atoms with E-state index in [2.05, 4.69) is 48.5 Å². The van der Waals surface area contributed by atoms with E-state index in [1.165, 1.54) is 32.1 Å². The zero-order valence-corrected chi connectivity index (χ0v) is 14.4. The Kier molecular flexibility index (Phi) is 4.11. The van der Waals surface area contributed by atoms with Gasteiger partial charge < -0.3 is 0 Å². The highest BCUT2D eigenvalue weighted by atomic mass is 14.8. The molecule has 5 atom stereocenters. The van der Waals surface area contributed by atoms with Gasteiger partial charge in [-0.1, -0.05) is 61.3 Å². The average Bonchev–Trinajstić information content (AvgIpc) is 2.84. The normalized spacial score (nSPS) is 44.2. The quantitative estimate of drug-likeness (QED) is 0.558. The van der Waals surface area contributed by atoms with E-state index in [1.54, 1.807) is 0 Å². The standard InChI is InChI=1S/C19H36/c1-8-9-10-16-14(4)15(5)19(12-18(19,6)7)17(16)11-13(2)3/h13-17H,8-12H2,1-7H3. The van der Waals surface area contributed by atoms with Gasteiger partial charge >= 0.3 is 0 Å². The Balaban J connectivity index is 2.23. The Morgan fingerprint density at radius 2 is 1.74 bits per heavy atom. The van der Waals surface area contributed by atoms with E-state index in [4.69, 9.17) is 0 Å². The molecule has 0 saturated heterocycles. The molecule has 0 aromatic heterocycles. The summed E-state index contributed by atoms with van der Waals surface area (Å²) >= 11 is 0. The smallest absolute Gasteiger partial charge is 0.0181 e. The third-order valence-corrected chi connectivity index (χ3v) is 6.94. The van der Waals surface area contributed by atoms with Crippen LogP contribution in [-0.2, 0) is 0 Å². The minimum absolute atomic E-state index is 0.612. The van der Waals surface area contributed by atoms with Gasteiger partial charge in [-0.3, -0.25) is 0 Å². The van der Waals surface area contributed by atoms with E-state index < -0.39 is 0 Å². The topological polar surface area (TPSA) is 0 Å². The van der Waals surface area contributed by atoms with Crippen LogP contribution in [0.15, 0.2) is 0 Å². The van der Waals surface area contributed by atoms with Crippen LogP contribution in [0.5, 0.6) is 0 Å². The molecule has 0 heterocycles. The van der Waals surface area contributed by atoms with Crippen LogP contribution in [0.3, 0.4) is 0 Å². The van der Waals surface area contributed by atoms with Crippen molar-refractivity contribution >= 4 is 0 Å². The molecule has 0 aromatic rings. The maximum Gasteiger partial charge on any atom is -0.0181 e. The first-order chi connectivity index (χ1) is 8.78. The highest BCUT2D eigenvalue weighted by Crippen LogP contribution is 2.79. The molecule has 2 aliphatic carbocycles. The molecule has 0 aromatic carbocycles. The van der Waals surface area contributed by atoms with Crippen molar-refractivity contribution in [2.24, 2.45) is 40.4 Å². The van der Waals surface area contributed by atoms with Gasteiger partial charge in [-0.25, -0.2) is 0 Å². The van der Waals surface area contributed by atoms with Crippen molar-refractivity contribution in [2.45, 2.75) is 80.6 Å². The lowest BCUT2D eigenvalue weighted by molar-refractivity contribution is 0.174. The molecule has 0 nitrogen and oxygen atoms in total. The second kappa shape index (κ2) is 5.08. The van der Waals surface area contributed by atoms with Gasteiger partial charge in [0.15, 0.2) is 0 Å². The first-order valence-electron chi connectivity index (χ1n) is 8.78. The number of rotatable bonds is 5. The van der Waals surface area contributed by atoms with Gasteiger partial charge in [0.2, 0.25) is 0 Å². The lowest BCUT2D eigenvalue weighted by Gasteiger charge is -2.31. The summed E-state index contributed by atoms with van der Waals surface area (Å²) < 4.78 is 0. The van der Waals surface area contributed by atoms with Crippen LogP contribution in [0.2, 0.25) is 0 Å². The molecule has 0 aliphatic heterocycles. The fourth-order valence-corrected chi connectivity index (χ4v) is 5.82. The second-order valence-corrected chi connectivity index (χ2v) is 8.79. The Morgan fingerprint density at radius 1 is 1.16 bits per heavy atom. The molecular formula is C19H36. The molecule has 0 amide bonds. The fraction of sp³-hybridized carbons (Fsp3) is 1.00. The van der Waals surface area contributed by atoms with Gasteiger partial charge in [0.25, 0.3) is 0 Å². The van der Waals surface area contributed by atoms with Crippen LogP contribution < -0.4 is 0 Å². The molecule has 2 saturated carbocycles. The van der Waals surface area contributed by atoms with Crippen LogP contribution in [0.1, 0.15) is 80.6 Å². The van der Waals surface area contributed by atoms with Gasteiger partial charge in [-0.05, 0) is 59.7 Å². The molecule has 0 N–H and O–H groups in total. The molecule has 19 heavy (non-hydrogen) atoms. The third-order valence-electron chi connectivity index (χ3n) is 6.94. The second-order valence-electron chi connectivity index (χ2n) is 8.79. The molecule has 1 spiro atoms. The van der Waals surface area contributed by atoms with Crippen molar-refractivity contribution in [3.05, 3.63) is 0 Å². The van der Waals surface area contributed by atoms with Gasteiger partial charge in [-0.2, -0.15) is 0 Å². The molecule has 0 heteroatoms. The van der Waals surface area contributed by atoms with Gasteiger partial charge in [0.1, 0.15) is 0 Å². The first-order valence-corrected chi connectivity index (χ1v) is 8.78. The van der Waals surface area contributed by atoms with E-state index in [1.807, 2.05) is 0 Å². The summed E-state index contributed by atoms with van der Waals surface area (Å²) in [5.41, 5.74) is 1.30. The summed E-state index contributed by atoms with van der Waals surface area (Å²) in [6, 6.07) is 0. The van der Waals surface area contributed by atoms with Crippen LogP contribution in [-0.4, -0.2) is 0 Å². The van der Waals surface area contributed by atoms with Crippen molar-refractivity contribution in [3.63, 3.8) is 0 Å². The summed E-state index contributed by atoms with van der Waals surface area (Å²) in [6.45, 7) is 17.4. The molecule has 0 bridgehead atoms. The zero-order chi connectivity index (χ0) is 14.4. The van der Waals surface area contributed by atoms with Crippen molar-refractivity contribution < 1.29 is 0 Å². The summed E-state index contributed by atoms with van der Waals surface area (Å²) in [5.74, 6) is 4.74. The van der Waals surface area contributed by atoms with Crippen LogP contribution in [0, 0.1) is 40.4 Å². The lowest BCUT2D eigenvalue weighted by atomic mass is 9.74. The van der Waals surface area contributed by atoms with Gasteiger partial charge in [0.05, 0.1) is 0 Å². The number of hydrogen-bond acceptors (Lipinski definition) is 0. The van der Waals surface area contributed by atoms with E-state index in [0.29, 0.717) is 10.8 Å². The third kappa shape index (κ3) is 2.28. The first kappa shape index (κ1) is 15.4. The van der Waals surface area contributed by atoms with E-state index in [9.17, 15) is 0 Å². The summed E-state index contributed by atoms with van der Waals surface area (Å²) in [7, 11) is 0. The molecule has 5 unspecified atom stereocenters. The predicted octanol–water partition coefficient (Wildman–Crippen LogP) is 6.16. The maximum atomic E-state index is 2.57. The number of unbranched alkanes of at least 4 members (excludes halogenated alkanes) is 1. The van der Waals surface area contributed by atoms with Gasteiger partial charge in [-0.15, -0.1) is 0 Å². The van der Waals surface area contributed by atoms with E-state index in [0.717, 1.165) is 29.6 Å². The largest absolute Gasteiger partial charge is 0.0654 e. The molecule has 2 aliphatic rings. The van der Waals surface area contributed by atoms with Crippen molar-refractivity contribution in [1.29, 1.82) is 0 Å². The highest BCUT2D eigenvalue weighted by molar-refractivity contribution is 5.20. The van der Waals surface area contributed by atoms with Crippen molar-refractivity contribution in [3.8, 4) is 0 Å². The minimum Gasteiger partial charge on any atom is -0.0654 e. The Morgan fingerprint density at radius 3 is 2.16 bits per heavy atom. The monoisotopic (exact) mass is 264 g/mol. The van der Waals surface area contributed by atoms with Crippen molar-refractivity contribution in [2.75, 3.05) is 0 Å². The summed E-state index contributed by atoms with van der Waals surface area (Å²) in [5, 5.41) is 0. The predicted molar refractivity (Wildman–Crippen MR) is 85.1 cm³/mol. The molecular weight excluding hydrogens is 228 g/mol. The van der Waals surface area contributed by atoms with Gasteiger partial charge in [0, 0.05) is 0 Å². The minimum atomic E-state index is 0.612. The van der Waals surface area contributed by atoms with E-state index in [-0.39, 0.29) is 0 Å². The average molecular weight is 264 g/mol. The molecule has 2 fully saturated rings. The number of hydrogen-bond donors (Lipinski definition) is 0. The summed E-state index contributed by atoms with van der Waals surface area (Å²) in [4.78, 5) is 0. The molecule has 112 valence electrons. The molecule has 2 rings (SSSR count). The Labute approximate surface area is 121 Å².